The molecule has 0 aromatic carbocycles. The highest BCUT2D eigenvalue weighted by Crippen LogP contribution is 2.22. The van der Waals surface area contributed by atoms with E-state index in [1.165, 1.54) is 12.8 Å². The molecule has 2 saturated heterocycles. The third kappa shape index (κ3) is 3.00. The van der Waals surface area contributed by atoms with Gasteiger partial charge in [0.1, 0.15) is 0 Å². The van der Waals surface area contributed by atoms with Crippen molar-refractivity contribution in [2.45, 2.75) is 39.2 Å². The van der Waals surface area contributed by atoms with Crippen LogP contribution < -0.4 is 0 Å². The lowest BCUT2D eigenvalue weighted by molar-refractivity contribution is -0.136. The summed E-state index contributed by atoms with van der Waals surface area (Å²) in [6.07, 6.45) is 4.23. The summed E-state index contributed by atoms with van der Waals surface area (Å²) in [5, 5.41) is 3.80. The molecule has 0 atom stereocenters. The van der Waals surface area contributed by atoms with Gasteiger partial charge in [-0.1, -0.05) is 5.16 Å². The highest BCUT2D eigenvalue weighted by molar-refractivity contribution is 5.79. The zero-order chi connectivity index (χ0) is 13.9. The minimum Gasteiger partial charge on any atom is -0.342 e. The Kier molecular flexibility index (Phi) is 4.00. The van der Waals surface area contributed by atoms with E-state index in [9.17, 15) is 4.79 Å². The zero-order valence-corrected chi connectivity index (χ0v) is 12.0. The molecule has 0 bridgehead atoms. The number of nitrogens with zero attached hydrogens (tertiary/aromatic N) is 4. The molecule has 0 spiro atoms. The van der Waals surface area contributed by atoms with Crippen molar-refractivity contribution in [3.63, 3.8) is 0 Å². The van der Waals surface area contributed by atoms with Gasteiger partial charge in [0.25, 0.3) is 0 Å². The van der Waals surface area contributed by atoms with E-state index in [-0.39, 0.29) is 5.92 Å². The fourth-order valence-electron chi connectivity index (χ4n) is 3.13. The summed E-state index contributed by atoms with van der Waals surface area (Å²) in [5.41, 5.74) is 0. The van der Waals surface area contributed by atoms with Crippen molar-refractivity contribution in [1.29, 1.82) is 0 Å². The lowest BCUT2D eigenvalue weighted by Gasteiger charge is -2.32. The highest BCUT2D eigenvalue weighted by atomic mass is 16.5. The molecule has 0 saturated carbocycles. The van der Waals surface area contributed by atoms with Crippen LogP contribution in [-0.4, -0.2) is 52.0 Å². The van der Waals surface area contributed by atoms with E-state index in [1.807, 2.05) is 11.8 Å². The summed E-state index contributed by atoms with van der Waals surface area (Å²) < 4.78 is 5.14. The molecule has 2 aliphatic rings. The van der Waals surface area contributed by atoms with Crippen molar-refractivity contribution in [3.8, 4) is 0 Å². The number of likely N-dealkylation sites (tertiary alicyclic amines) is 2. The van der Waals surface area contributed by atoms with Gasteiger partial charge in [-0.15, -0.1) is 0 Å². The normalized spacial score (nSPS) is 21.6. The van der Waals surface area contributed by atoms with Gasteiger partial charge in [0.15, 0.2) is 5.82 Å². The van der Waals surface area contributed by atoms with Crippen molar-refractivity contribution in [3.05, 3.63) is 11.7 Å². The van der Waals surface area contributed by atoms with Crippen LogP contribution in [0.4, 0.5) is 0 Å². The van der Waals surface area contributed by atoms with Crippen LogP contribution >= 0.6 is 0 Å². The van der Waals surface area contributed by atoms with Crippen molar-refractivity contribution in [2.24, 2.45) is 5.92 Å². The Morgan fingerprint density at radius 3 is 2.55 bits per heavy atom. The Labute approximate surface area is 119 Å². The van der Waals surface area contributed by atoms with Crippen LogP contribution in [0, 0.1) is 12.8 Å². The number of aromatic nitrogens is 2. The largest absolute Gasteiger partial charge is 0.342 e. The molecule has 3 heterocycles. The summed E-state index contributed by atoms with van der Waals surface area (Å²) in [5.74, 6) is 1.94. The molecule has 0 aliphatic carbocycles. The van der Waals surface area contributed by atoms with Crippen LogP contribution in [0.2, 0.25) is 0 Å². The van der Waals surface area contributed by atoms with Gasteiger partial charge >= 0.3 is 0 Å². The van der Waals surface area contributed by atoms with Gasteiger partial charge in [-0.2, -0.15) is 4.98 Å². The van der Waals surface area contributed by atoms with E-state index in [0.29, 0.717) is 24.2 Å². The van der Waals surface area contributed by atoms with Crippen LogP contribution in [-0.2, 0) is 11.3 Å². The number of carbonyl (C=O) groups is 1. The van der Waals surface area contributed by atoms with E-state index in [1.54, 1.807) is 0 Å². The molecule has 0 radical (unpaired) electrons. The second kappa shape index (κ2) is 5.91. The van der Waals surface area contributed by atoms with Crippen molar-refractivity contribution >= 4 is 5.91 Å². The van der Waals surface area contributed by atoms with E-state index < -0.39 is 0 Å². The molecule has 6 heteroatoms. The van der Waals surface area contributed by atoms with Crippen LogP contribution in [0.5, 0.6) is 0 Å². The first-order valence-corrected chi connectivity index (χ1v) is 7.53. The molecule has 1 aromatic rings. The molecule has 2 fully saturated rings. The third-order valence-electron chi connectivity index (χ3n) is 4.28. The Hall–Kier alpha value is -1.43. The predicted octanol–water partition coefficient (Wildman–Crippen LogP) is 1.21. The number of hydrogen-bond donors (Lipinski definition) is 0. The zero-order valence-electron chi connectivity index (χ0n) is 12.0. The van der Waals surface area contributed by atoms with Crippen molar-refractivity contribution < 1.29 is 9.32 Å². The Balaban J connectivity index is 1.48. The second-order valence-electron chi connectivity index (χ2n) is 5.82. The highest BCUT2D eigenvalue weighted by Gasteiger charge is 2.30. The van der Waals surface area contributed by atoms with E-state index in [2.05, 4.69) is 15.0 Å². The molecular weight excluding hydrogens is 256 g/mol. The number of hydrogen-bond acceptors (Lipinski definition) is 5. The molecule has 6 nitrogen and oxygen atoms in total. The van der Waals surface area contributed by atoms with Crippen LogP contribution in [0.15, 0.2) is 4.52 Å². The number of aryl methyl sites for hydroxylation is 1. The van der Waals surface area contributed by atoms with Crippen molar-refractivity contribution in [1.82, 2.24) is 19.9 Å². The molecule has 0 unspecified atom stereocenters. The fourth-order valence-corrected chi connectivity index (χ4v) is 3.13. The van der Waals surface area contributed by atoms with Gasteiger partial charge in [0, 0.05) is 19.0 Å². The van der Waals surface area contributed by atoms with Crippen LogP contribution in [0.3, 0.4) is 0 Å². The lowest BCUT2D eigenvalue weighted by Crippen LogP contribution is -2.41. The Bertz CT molecular complexity index is 459. The molecule has 1 aromatic heterocycles. The number of carbonyl (C=O) groups excluding carboxylic acids is 1. The summed E-state index contributed by atoms with van der Waals surface area (Å²) in [4.78, 5) is 20.9. The average Bonchev–Trinajstić information content (AvgIpc) is 3.11. The number of rotatable bonds is 3. The number of piperidine rings is 1. The summed E-state index contributed by atoms with van der Waals surface area (Å²) in [6, 6.07) is 0. The smallest absolute Gasteiger partial charge is 0.240 e. The van der Waals surface area contributed by atoms with Crippen LogP contribution in [0.1, 0.15) is 37.4 Å². The quantitative estimate of drug-likeness (QED) is 0.831. The molecule has 2 aliphatic heterocycles. The summed E-state index contributed by atoms with van der Waals surface area (Å²) in [6.45, 7) is 6.32. The minimum absolute atomic E-state index is 0.216. The molecule has 3 rings (SSSR count). The average molecular weight is 278 g/mol. The fraction of sp³-hybridized carbons (Fsp3) is 0.786. The maximum absolute atomic E-state index is 12.3. The first-order valence-electron chi connectivity index (χ1n) is 7.53. The molecule has 110 valence electrons. The maximum Gasteiger partial charge on any atom is 0.240 e. The van der Waals surface area contributed by atoms with E-state index >= 15 is 0 Å². The van der Waals surface area contributed by atoms with Gasteiger partial charge in [0.2, 0.25) is 11.8 Å². The first kappa shape index (κ1) is 13.5. The standard InChI is InChI=1S/C14H22N4O2/c1-11-15-13(20-16-11)10-17-8-4-12(5-9-17)14(19)18-6-2-3-7-18/h12H,2-10H2,1H3. The summed E-state index contributed by atoms with van der Waals surface area (Å²) in [7, 11) is 0. The predicted molar refractivity (Wildman–Crippen MR) is 72.9 cm³/mol. The Morgan fingerprint density at radius 1 is 1.25 bits per heavy atom. The van der Waals surface area contributed by atoms with Crippen molar-refractivity contribution in [2.75, 3.05) is 26.2 Å². The maximum atomic E-state index is 12.3. The van der Waals surface area contributed by atoms with Gasteiger partial charge < -0.3 is 9.42 Å². The van der Waals surface area contributed by atoms with E-state index in [4.69, 9.17) is 4.52 Å². The summed E-state index contributed by atoms with van der Waals surface area (Å²) >= 11 is 0. The minimum atomic E-state index is 0.216. The first-order chi connectivity index (χ1) is 9.72. The van der Waals surface area contributed by atoms with E-state index in [0.717, 1.165) is 39.0 Å². The molecule has 0 N–H and O–H groups in total. The third-order valence-corrected chi connectivity index (χ3v) is 4.28. The van der Waals surface area contributed by atoms with Gasteiger partial charge in [0.05, 0.1) is 6.54 Å². The van der Waals surface area contributed by atoms with Crippen LogP contribution in [0.25, 0.3) is 0 Å². The second-order valence-corrected chi connectivity index (χ2v) is 5.82. The Morgan fingerprint density at radius 2 is 1.95 bits per heavy atom. The topological polar surface area (TPSA) is 62.5 Å². The monoisotopic (exact) mass is 278 g/mol. The SMILES string of the molecule is Cc1noc(CN2CCC(C(=O)N3CCCC3)CC2)n1. The molecular formula is C14H22N4O2. The molecule has 1 amide bonds. The number of amides is 1. The van der Waals surface area contributed by atoms with Gasteiger partial charge in [-0.05, 0) is 45.7 Å². The van der Waals surface area contributed by atoms with Gasteiger partial charge in [-0.3, -0.25) is 9.69 Å². The van der Waals surface area contributed by atoms with Gasteiger partial charge in [-0.25, -0.2) is 0 Å². The molecule has 20 heavy (non-hydrogen) atoms. The lowest BCUT2D eigenvalue weighted by atomic mass is 9.95.